The summed E-state index contributed by atoms with van der Waals surface area (Å²) < 4.78 is 5.76. The van der Waals surface area contributed by atoms with E-state index < -0.39 is 0 Å². The van der Waals surface area contributed by atoms with Crippen molar-refractivity contribution in [2.45, 2.75) is 25.9 Å². The van der Waals surface area contributed by atoms with Crippen LogP contribution in [0.5, 0.6) is 5.75 Å². The zero-order chi connectivity index (χ0) is 15.2. The van der Waals surface area contributed by atoms with Gasteiger partial charge in [-0.05, 0) is 38.4 Å². The molecule has 1 aromatic carbocycles. The SMILES string of the molecule is CCOc1ccccc1C(CN)N(C)C(C)c1cccs1. The Labute approximate surface area is 131 Å². The van der Waals surface area contributed by atoms with Crippen molar-refractivity contribution in [3.63, 3.8) is 0 Å². The molecule has 0 saturated heterocycles. The molecular formula is C17H24N2OS. The van der Waals surface area contributed by atoms with Crippen LogP contribution >= 0.6 is 11.3 Å². The van der Waals surface area contributed by atoms with Crippen molar-refractivity contribution in [1.82, 2.24) is 4.90 Å². The lowest BCUT2D eigenvalue weighted by Gasteiger charge is -2.33. The molecule has 3 nitrogen and oxygen atoms in total. The van der Waals surface area contributed by atoms with Gasteiger partial charge in [-0.15, -0.1) is 11.3 Å². The zero-order valence-corrected chi connectivity index (χ0v) is 13.8. The number of ether oxygens (including phenoxy) is 1. The second-order valence-electron chi connectivity index (χ2n) is 5.08. The molecule has 2 atom stereocenters. The first-order chi connectivity index (χ1) is 10.2. The minimum atomic E-state index is 0.143. The first kappa shape index (κ1) is 16.0. The molecule has 1 heterocycles. The Balaban J connectivity index is 2.26. The van der Waals surface area contributed by atoms with Gasteiger partial charge < -0.3 is 10.5 Å². The van der Waals surface area contributed by atoms with E-state index in [1.165, 1.54) is 4.88 Å². The van der Waals surface area contributed by atoms with E-state index in [-0.39, 0.29) is 6.04 Å². The van der Waals surface area contributed by atoms with Crippen LogP contribution in [0.3, 0.4) is 0 Å². The Hall–Kier alpha value is -1.36. The lowest BCUT2D eigenvalue weighted by Crippen LogP contribution is -2.32. The van der Waals surface area contributed by atoms with Crippen molar-refractivity contribution in [3.05, 3.63) is 52.2 Å². The monoisotopic (exact) mass is 304 g/mol. The number of rotatable bonds is 7. The maximum Gasteiger partial charge on any atom is 0.124 e. The fourth-order valence-corrected chi connectivity index (χ4v) is 3.39. The van der Waals surface area contributed by atoms with E-state index in [0.717, 1.165) is 11.3 Å². The predicted octanol–water partition coefficient (Wildman–Crippen LogP) is 3.84. The van der Waals surface area contributed by atoms with Crippen LogP contribution in [0.25, 0.3) is 0 Å². The summed E-state index contributed by atoms with van der Waals surface area (Å²) in [7, 11) is 2.13. The van der Waals surface area contributed by atoms with Crippen molar-refractivity contribution in [3.8, 4) is 5.75 Å². The molecule has 114 valence electrons. The molecule has 21 heavy (non-hydrogen) atoms. The zero-order valence-electron chi connectivity index (χ0n) is 13.0. The molecule has 0 aliphatic rings. The predicted molar refractivity (Wildman–Crippen MR) is 89.9 cm³/mol. The summed E-state index contributed by atoms with van der Waals surface area (Å²) in [4.78, 5) is 3.67. The van der Waals surface area contributed by atoms with Crippen molar-refractivity contribution >= 4 is 11.3 Å². The molecule has 0 aliphatic carbocycles. The van der Waals surface area contributed by atoms with Gasteiger partial charge in [-0.3, -0.25) is 4.90 Å². The molecule has 0 spiro atoms. The number of thiophene rings is 1. The highest BCUT2D eigenvalue weighted by Crippen LogP contribution is 2.34. The van der Waals surface area contributed by atoms with Crippen molar-refractivity contribution in [1.29, 1.82) is 0 Å². The maximum absolute atomic E-state index is 6.07. The van der Waals surface area contributed by atoms with E-state index >= 15 is 0 Å². The third-order valence-corrected chi connectivity index (χ3v) is 4.90. The Morgan fingerprint density at radius 3 is 2.62 bits per heavy atom. The molecule has 4 heteroatoms. The van der Waals surface area contributed by atoms with Gasteiger partial charge in [0, 0.05) is 23.0 Å². The number of hydrogen-bond acceptors (Lipinski definition) is 4. The number of benzene rings is 1. The molecule has 0 fully saturated rings. The number of hydrogen-bond donors (Lipinski definition) is 1. The van der Waals surface area contributed by atoms with Gasteiger partial charge in [-0.25, -0.2) is 0 Å². The second-order valence-corrected chi connectivity index (χ2v) is 6.06. The van der Waals surface area contributed by atoms with E-state index in [4.69, 9.17) is 10.5 Å². The van der Waals surface area contributed by atoms with E-state index in [0.29, 0.717) is 19.2 Å². The highest BCUT2D eigenvalue weighted by atomic mass is 32.1. The van der Waals surface area contributed by atoms with Crippen LogP contribution in [0.4, 0.5) is 0 Å². The first-order valence-electron chi connectivity index (χ1n) is 7.36. The maximum atomic E-state index is 6.07. The average molecular weight is 304 g/mol. The molecule has 0 amide bonds. The van der Waals surface area contributed by atoms with Crippen LogP contribution in [-0.4, -0.2) is 25.1 Å². The normalized spacial score (nSPS) is 14.1. The summed E-state index contributed by atoms with van der Waals surface area (Å²) in [6.07, 6.45) is 0. The number of nitrogens with two attached hydrogens (primary N) is 1. The number of likely N-dealkylation sites (N-methyl/N-ethyl adjacent to an activating group) is 1. The van der Waals surface area contributed by atoms with Gasteiger partial charge >= 0.3 is 0 Å². The van der Waals surface area contributed by atoms with Crippen LogP contribution in [-0.2, 0) is 0 Å². The summed E-state index contributed by atoms with van der Waals surface area (Å²) in [6.45, 7) is 5.46. The van der Waals surface area contributed by atoms with Gasteiger partial charge in [0.05, 0.1) is 12.6 Å². The van der Waals surface area contributed by atoms with Crippen LogP contribution in [0.15, 0.2) is 41.8 Å². The Kier molecular flexibility index (Phi) is 5.79. The number of nitrogens with zero attached hydrogens (tertiary/aromatic N) is 1. The van der Waals surface area contributed by atoms with Gasteiger partial charge in [0.15, 0.2) is 0 Å². The summed E-state index contributed by atoms with van der Waals surface area (Å²) in [6, 6.07) is 12.9. The van der Waals surface area contributed by atoms with Crippen molar-refractivity contribution in [2.24, 2.45) is 5.73 Å². The third-order valence-electron chi connectivity index (χ3n) is 3.86. The average Bonchev–Trinajstić information content (AvgIpc) is 3.03. The van der Waals surface area contributed by atoms with Crippen LogP contribution in [0.1, 0.15) is 36.4 Å². The van der Waals surface area contributed by atoms with E-state index in [1.807, 2.05) is 25.1 Å². The molecule has 0 saturated carbocycles. The summed E-state index contributed by atoms with van der Waals surface area (Å²) in [5.41, 5.74) is 7.23. The molecule has 0 radical (unpaired) electrons. The van der Waals surface area contributed by atoms with E-state index in [9.17, 15) is 0 Å². The molecule has 2 unspecified atom stereocenters. The Morgan fingerprint density at radius 2 is 2.00 bits per heavy atom. The van der Waals surface area contributed by atoms with Gasteiger partial charge in [-0.2, -0.15) is 0 Å². The molecule has 0 aliphatic heterocycles. The van der Waals surface area contributed by atoms with Crippen LogP contribution in [0.2, 0.25) is 0 Å². The fourth-order valence-electron chi connectivity index (χ4n) is 2.55. The summed E-state index contributed by atoms with van der Waals surface area (Å²) in [5, 5.41) is 2.12. The highest BCUT2D eigenvalue weighted by molar-refractivity contribution is 7.10. The fraction of sp³-hybridized carbons (Fsp3) is 0.412. The van der Waals surface area contributed by atoms with Crippen molar-refractivity contribution < 1.29 is 4.74 Å². The number of para-hydroxylation sites is 1. The molecule has 1 aromatic heterocycles. The van der Waals surface area contributed by atoms with Crippen LogP contribution in [0, 0.1) is 0 Å². The minimum Gasteiger partial charge on any atom is -0.494 e. The minimum absolute atomic E-state index is 0.143. The smallest absolute Gasteiger partial charge is 0.124 e. The van der Waals surface area contributed by atoms with Crippen molar-refractivity contribution in [2.75, 3.05) is 20.2 Å². The van der Waals surface area contributed by atoms with Gasteiger partial charge in [0.1, 0.15) is 5.75 Å². The van der Waals surface area contributed by atoms with Crippen LogP contribution < -0.4 is 10.5 Å². The molecule has 2 N–H and O–H groups in total. The summed E-state index contributed by atoms with van der Waals surface area (Å²) >= 11 is 1.78. The van der Waals surface area contributed by atoms with Gasteiger partial charge in [0.25, 0.3) is 0 Å². The van der Waals surface area contributed by atoms with E-state index in [2.05, 4.69) is 42.5 Å². The highest BCUT2D eigenvalue weighted by Gasteiger charge is 2.24. The molecule has 2 rings (SSSR count). The quantitative estimate of drug-likeness (QED) is 0.844. The third kappa shape index (κ3) is 3.64. The molecule has 2 aromatic rings. The largest absolute Gasteiger partial charge is 0.494 e. The lowest BCUT2D eigenvalue weighted by molar-refractivity contribution is 0.188. The first-order valence-corrected chi connectivity index (χ1v) is 8.24. The molecular weight excluding hydrogens is 280 g/mol. The lowest BCUT2D eigenvalue weighted by atomic mass is 10.0. The van der Waals surface area contributed by atoms with E-state index in [1.54, 1.807) is 11.3 Å². The Morgan fingerprint density at radius 1 is 1.24 bits per heavy atom. The summed E-state index contributed by atoms with van der Waals surface area (Å²) in [5.74, 6) is 0.931. The molecule has 0 bridgehead atoms. The standard InChI is InChI=1S/C17H24N2OS/c1-4-20-16-9-6-5-8-14(16)15(12-18)19(3)13(2)17-10-7-11-21-17/h5-11,13,15H,4,12,18H2,1-3H3. The van der Waals surface area contributed by atoms with Gasteiger partial charge in [0.2, 0.25) is 0 Å². The topological polar surface area (TPSA) is 38.5 Å². The van der Waals surface area contributed by atoms with Gasteiger partial charge in [-0.1, -0.05) is 24.3 Å². The second kappa shape index (κ2) is 7.59. The Bertz CT molecular complexity index is 541.